The highest BCUT2D eigenvalue weighted by atomic mass is 16.4. The molecule has 2 aromatic rings. The van der Waals surface area contributed by atoms with E-state index in [0.717, 1.165) is 25.2 Å². The van der Waals surface area contributed by atoms with Crippen LogP contribution in [0.4, 0.5) is 0 Å². The second-order valence-corrected chi connectivity index (χ2v) is 5.03. The average molecular weight is 257 g/mol. The van der Waals surface area contributed by atoms with E-state index in [9.17, 15) is 9.90 Å². The predicted molar refractivity (Wildman–Crippen MR) is 69.9 cm³/mol. The van der Waals surface area contributed by atoms with Crippen LogP contribution in [0.1, 0.15) is 29.5 Å². The third kappa shape index (κ3) is 2.12. The molecule has 0 fully saturated rings. The molecule has 19 heavy (non-hydrogen) atoms. The van der Waals surface area contributed by atoms with Crippen LogP contribution >= 0.6 is 0 Å². The molecule has 0 bridgehead atoms. The first kappa shape index (κ1) is 11.9. The van der Waals surface area contributed by atoms with E-state index in [2.05, 4.69) is 17.0 Å². The fourth-order valence-electron chi connectivity index (χ4n) is 2.45. The van der Waals surface area contributed by atoms with Crippen molar-refractivity contribution in [2.45, 2.75) is 26.3 Å². The molecule has 0 aliphatic carbocycles. The van der Waals surface area contributed by atoms with Crippen LogP contribution in [0.3, 0.4) is 0 Å². The van der Waals surface area contributed by atoms with Crippen molar-refractivity contribution < 1.29 is 9.90 Å². The first-order valence-corrected chi connectivity index (χ1v) is 6.41. The third-order valence-corrected chi connectivity index (χ3v) is 3.49. The summed E-state index contributed by atoms with van der Waals surface area (Å²) < 4.78 is 1.90. The molecule has 0 spiro atoms. The zero-order valence-corrected chi connectivity index (χ0v) is 10.7. The van der Waals surface area contributed by atoms with Gasteiger partial charge < -0.3 is 5.11 Å². The molecule has 1 aromatic heterocycles. The third-order valence-electron chi connectivity index (χ3n) is 3.49. The number of hydrogen-bond acceptors (Lipinski definition) is 3. The lowest BCUT2D eigenvalue weighted by Crippen LogP contribution is -2.18. The van der Waals surface area contributed by atoms with Gasteiger partial charge in [0.15, 0.2) is 5.82 Å². The molecule has 1 atom stereocenters. The summed E-state index contributed by atoms with van der Waals surface area (Å²) in [5.41, 5.74) is 0.836. The predicted octanol–water partition coefficient (Wildman–Crippen LogP) is 2.23. The number of carboxylic acids is 1. The first-order chi connectivity index (χ1) is 9.15. The van der Waals surface area contributed by atoms with Gasteiger partial charge in [-0.3, -0.25) is 0 Å². The van der Waals surface area contributed by atoms with Crippen molar-refractivity contribution in [1.29, 1.82) is 0 Å². The lowest BCUT2D eigenvalue weighted by atomic mass is 10.0. The lowest BCUT2D eigenvalue weighted by Gasteiger charge is -2.17. The molecule has 1 aromatic carbocycles. The number of aromatic nitrogens is 3. The molecule has 0 radical (unpaired) electrons. The van der Waals surface area contributed by atoms with Crippen LogP contribution in [0.5, 0.6) is 0 Å². The van der Waals surface area contributed by atoms with Gasteiger partial charge in [0.25, 0.3) is 0 Å². The SMILES string of the molecule is CC1CCc2nc(-c3ccccc3C(=O)O)nn2C1. The Morgan fingerprint density at radius 3 is 3.00 bits per heavy atom. The van der Waals surface area contributed by atoms with Crippen molar-refractivity contribution in [2.75, 3.05) is 0 Å². The van der Waals surface area contributed by atoms with Gasteiger partial charge in [-0.1, -0.05) is 25.1 Å². The van der Waals surface area contributed by atoms with Crippen molar-refractivity contribution in [1.82, 2.24) is 14.8 Å². The Balaban J connectivity index is 2.06. The van der Waals surface area contributed by atoms with Gasteiger partial charge >= 0.3 is 5.97 Å². The van der Waals surface area contributed by atoms with Gasteiger partial charge in [0.05, 0.1) is 5.56 Å². The average Bonchev–Trinajstić information content (AvgIpc) is 2.81. The number of aromatic carboxylic acids is 1. The van der Waals surface area contributed by atoms with Gasteiger partial charge in [-0.05, 0) is 18.4 Å². The van der Waals surface area contributed by atoms with Crippen molar-refractivity contribution in [3.63, 3.8) is 0 Å². The minimum absolute atomic E-state index is 0.249. The minimum Gasteiger partial charge on any atom is -0.478 e. The normalized spacial score (nSPS) is 18.1. The number of carbonyl (C=O) groups is 1. The van der Waals surface area contributed by atoms with E-state index in [1.165, 1.54) is 0 Å². The fraction of sp³-hybridized carbons (Fsp3) is 0.357. The van der Waals surface area contributed by atoms with Crippen LogP contribution in [0, 0.1) is 5.92 Å². The second kappa shape index (κ2) is 4.50. The van der Waals surface area contributed by atoms with E-state index in [4.69, 9.17) is 0 Å². The summed E-state index contributed by atoms with van der Waals surface area (Å²) in [6.07, 6.45) is 2.02. The summed E-state index contributed by atoms with van der Waals surface area (Å²) >= 11 is 0. The standard InChI is InChI=1S/C14H15N3O2/c1-9-6-7-12-15-13(16-17(12)8-9)10-4-2-3-5-11(10)14(18)19/h2-5,9H,6-8H2,1H3,(H,18,19). The van der Waals surface area contributed by atoms with Crippen molar-refractivity contribution in [3.05, 3.63) is 35.7 Å². The molecule has 0 saturated heterocycles. The Morgan fingerprint density at radius 1 is 1.42 bits per heavy atom. The van der Waals surface area contributed by atoms with Crippen LogP contribution in [-0.4, -0.2) is 25.8 Å². The molecule has 98 valence electrons. The van der Waals surface area contributed by atoms with E-state index >= 15 is 0 Å². The van der Waals surface area contributed by atoms with Crippen molar-refractivity contribution >= 4 is 5.97 Å². The zero-order chi connectivity index (χ0) is 13.4. The van der Waals surface area contributed by atoms with Gasteiger partial charge in [0, 0.05) is 18.5 Å². The van der Waals surface area contributed by atoms with E-state index in [0.29, 0.717) is 17.3 Å². The monoisotopic (exact) mass is 257 g/mol. The maximum atomic E-state index is 11.2. The summed E-state index contributed by atoms with van der Waals surface area (Å²) in [6, 6.07) is 6.87. The Hall–Kier alpha value is -2.17. The van der Waals surface area contributed by atoms with Crippen LogP contribution in [0.2, 0.25) is 0 Å². The van der Waals surface area contributed by atoms with Crippen LogP contribution in [-0.2, 0) is 13.0 Å². The van der Waals surface area contributed by atoms with Crippen molar-refractivity contribution in [3.8, 4) is 11.4 Å². The summed E-state index contributed by atoms with van der Waals surface area (Å²) in [5, 5.41) is 13.7. The molecule has 2 heterocycles. The van der Waals surface area contributed by atoms with Gasteiger partial charge in [-0.25, -0.2) is 14.5 Å². The van der Waals surface area contributed by atoms with E-state index in [1.807, 2.05) is 10.7 Å². The van der Waals surface area contributed by atoms with Crippen molar-refractivity contribution in [2.24, 2.45) is 5.92 Å². The molecule has 1 aliphatic heterocycles. The Bertz CT molecular complexity index is 633. The van der Waals surface area contributed by atoms with Crippen LogP contribution in [0.15, 0.2) is 24.3 Å². The van der Waals surface area contributed by atoms with Gasteiger partial charge in [0.2, 0.25) is 0 Å². The number of hydrogen-bond donors (Lipinski definition) is 1. The maximum Gasteiger partial charge on any atom is 0.336 e. The molecule has 5 nitrogen and oxygen atoms in total. The zero-order valence-electron chi connectivity index (χ0n) is 10.7. The molecule has 0 amide bonds. The van der Waals surface area contributed by atoms with Gasteiger partial charge in [0.1, 0.15) is 5.82 Å². The second-order valence-electron chi connectivity index (χ2n) is 5.03. The summed E-state index contributed by atoms with van der Waals surface area (Å²) in [7, 11) is 0. The Labute approximate surface area is 110 Å². The summed E-state index contributed by atoms with van der Waals surface area (Å²) in [6.45, 7) is 3.05. The van der Waals surface area contributed by atoms with E-state index in [1.54, 1.807) is 18.2 Å². The molecule has 1 unspecified atom stereocenters. The molecule has 0 saturated carbocycles. The summed E-state index contributed by atoms with van der Waals surface area (Å²) in [4.78, 5) is 15.7. The van der Waals surface area contributed by atoms with E-state index < -0.39 is 5.97 Å². The van der Waals surface area contributed by atoms with Gasteiger partial charge in [-0.2, -0.15) is 5.10 Å². The highest BCUT2D eigenvalue weighted by molar-refractivity contribution is 5.94. The topological polar surface area (TPSA) is 68.0 Å². The number of carboxylic acid groups (broad SMARTS) is 1. The Kier molecular flexibility index (Phi) is 2.81. The molecule has 3 rings (SSSR count). The lowest BCUT2D eigenvalue weighted by molar-refractivity contribution is 0.0697. The number of rotatable bonds is 2. The number of aryl methyl sites for hydroxylation is 1. The molecular formula is C14H15N3O2. The number of nitrogens with zero attached hydrogens (tertiary/aromatic N) is 3. The molecule has 1 aliphatic rings. The van der Waals surface area contributed by atoms with E-state index in [-0.39, 0.29) is 5.56 Å². The molecule has 1 N–H and O–H groups in total. The van der Waals surface area contributed by atoms with Crippen LogP contribution < -0.4 is 0 Å². The molecule has 5 heteroatoms. The highest BCUT2D eigenvalue weighted by Crippen LogP contribution is 2.24. The smallest absolute Gasteiger partial charge is 0.336 e. The minimum atomic E-state index is -0.947. The Morgan fingerprint density at radius 2 is 2.21 bits per heavy atom. The largest absolute Gasteiger partial charge is 0.478 e. The highest BCUT2D eigenvalue weighted by Gasteiger charge is 2.21. The first-order valence-electron chi connectivity index (χ1n) is 6.41. The summed E-state index contributed by atoms with van der Waals surface area (Å²) in [5.74, 6) is 1.11. The number of fused-ring (bicyclic) bond motifs is 1. The fourth-order valence-corrected chi connectivity index (χ4v) is 2.45. The maximum absolute atomic E-state index is 11.2. The quantitative estimate of drug-likeness (QED) is 0.895. The molecular weight excluding hydrogens is 242 g/mol. The van der Waals surface area contributed by atoms with Crippen LogP contribution in [0.25, 0.3) is 11.4 Å². The van der Waals surface area contributed by atoms with Gasteiger partial charge in [-0.15, -0.1) is 0 Å². The number of benzene rings is 1.